The number of amides is 8. The van der Waals surface area contributed by atoms with E-state index in [2.05, 4.69) is 16.0 Å². The first-order valence-electron chi connectivity index (χ1n) is 30.8. The van der Waals surface area contributed by atoms with Gasteiger partial charge in [0.1, 0.15) is 54.1 Å². The van der Waals surface area contributed by atoms with Gasteiger partial charge >= 0.3 is 17.9 Å². The van der Waals surface area contributed by atoms with Crippen molar-refractivity contribution >= 4 is 70.9 Å². The quantitative estimate of drug-likeness (QED) is 0.0611. The zero-order valence-corrected chi connectivity index (χ0v) is 53.7. The van der Waals surface area contributed by atoms with Crippen LogP contribution in [0, 0.1) is 29.6 Å². The molecule has 26 heteroatoms. The number of primary amides is 1. The Labute approximate surface area is 516 Å². The molecule has 26 nitrogen and oxygen atoms in total. The van der Waals surface area contributed by atoms with Crippen molar-refractivity contribution in [2.45, 2.75) is 220 Å². The van der Waals surface area contributed by atoms with E-state index in [0.29, 0.717) is 30.6 Å². The Hall–Kier alpha value is -7.22. The number of ether oxygens (including phenoxy) is 4. The van der Waals surface area contributed by atoms with E-state index in [1.807, 2.05) is 13.8 Å². The minimum Gasteiger partial charge on any atom is -0.497 e. The van der Waals surface area contributed by atoms with Gasteiger partial charge in [-0.25, -0.2) is 4.79 Å². The van der Waals surface area contributed by atoms with Crippen molar-refractivity contribution in [2.75, 3.05) is 34.3 Å². The molecular formula is C62H97N9O17. The van der Waals surface area contributed by atoms with Gasteiger partial charge in [-0.2, -0.15) is 0 Å². The first-order valence-corrected chi connectivity index (χ1v) is 30.8. The smallest absolute Gasteiger partial charge is 0.329 e. The molecule has 8 N–H and O–H groups in total. The van der Waals surface area contributed by atoms with Crippen LogP contribution in [-0.4, -0.2) is 203 Å². The van der Waals surface area contributed by atoms with Crippen LogP contribution in [0.5, 0.6) is 5.75 Å². The average Bonchev–Trinajstić information content (AvgIpc) is 2.94. The predicted molar refractivity (Wildman–Crippen MR) is 320 cm³/mol. The Kier molecular flexibility index (Phi) is 27.8. The largest absolute Gasteiger partial charge is 0.497 e. The van der Waals surface area contributed by atoms with Crippen molar-refractivity contribution in [3.8, 4) is 5.75 Å². The molecule has 0 aromatic heterocycles. The monoisotopic (exact) mass is 1240 g/mol. The molecule has 4 rings (SSSR count). The third-order valence-corrected chi connectivity index (χ3v) is 16.8. The molecule has 1 aromatic carbocycles. The van der Waals surface area contributed by atoms with Crippen LogP contribution in [0.25, 0.3) is 0 Å². The number of ketones is 1. The Balaban J connectivity index is 1.84. The van der Waals surface area contributed by atoms with Crippen molar-refractivity contribution in [3.05, 3.63) is 29.8 Å². The third-order valence-electron chi connectivity index (χ3n) is 16.8. The predicted octanol–water partition coefficient (Wildman–Crippen LogP) is 1.46. The summed E-state index contributed by atoms with van der Waals surface area (Å²) in [5.41, 5.74) is 11.6. The highest BCUT2D eigenvalue weighted by atomic mass is 16.6. The van der Waals surface area contributed by atoms with Crippen molar-refractivity contribution in [1.29, 1.82) is 0 Å². The molecule has 3 heterocycles. The number of hydrogen-bond acceptors (Lipinski definition) is 18. The van der Waals surface area contributed by atoms with Gasteiger partial charge in [-0.15, -0.1) is 0 Å². The molecule has 14 atom stereocenters. The number of Topliss-reactive ketones (excluding diaryl/α,β-unsaturated/α-hetero) is 1. The second-order valence-electron chi connectivity index (χ2n) is 25.0. The number of aliphatic hydroxyl groups excluding tert-OH is 1. The highest BCUT2D eigenvalue weighted by Crippen LogP contribution is 2.28. The Bertz CT molecular complexity index is 2650. The van der Waals surface area contributed by atoms with Crippen LogP contribution < -0.4 is 32.2 Å². The van der Waals surface area contributed by atoms with Crippen LogP contribution in [0.4, 0.5) is 0 Å². The number of likely N-dealkylation sites (tertiary alicyclic amines) is 1. The number of aliphatic hydroxyl groups is 1. The molecule has 1 aromatic rings. The van der Waals surface area contributed by atoms with Gasteiger partial charge in [0.2, 0.25) is 41.4 Å². The maximum absolute atomic E-state index is 15.1. The number of cyclic esters (lactones) is 2. The van der Waals surface area contributed by atoms with E-state index in [1.54, 1.807) is 65.8 Å². The molecule has 88 heavy (non-hydrogen) atoms. The Morgan fingerprint density at radius 1 is 0.864 bits per heavy atom. The Morgan fingerprint density at radius 2 is 1.50 bits per heavy atom. The SMILES string of the molecule is CC[C@H](C)[C@H]1NC(=O)[C@H](NC(=O)[C@@H](CC(C)C)N(C)C(=O)[C@@H]2CCCN2C(=O)[C@H](C)OC(=O)[C@@H](N)CCC(N)=O)[C@@H](C)OC(=O)[C@H](Cc2ccc(OC)cc2)N(C)C(=O)[C@@H]2CCCN2C(=O)[C@H](CC(C)C)NC(=O)[C@@H](C)C(=O)[C@H](C(C)C)OC(=O)C[C@@H]1O. The Morgan fingerprint density at radius 3 is 2.08 bits per heavy atom. The van der Waals surface area contributed by atoms with Crippen LogP contribution in [0.1, 0.15) is 146 Å². The molecule has 3 saturated heterocycles. The second-order valence-corrected chi connectivity index (χ2v) is 25.0. The maximum atomic E-state index is 15.1. The number of carbonyl (C=O) groups is 12. The second kappa shape index (κ2) is 33.4. The van der Waals surface area contributed by atoms with Crippen LogP contribution in [0.2, 0.25) is 0 Å². The lowest BCUT2D eigenvalue weighted by molar-refractivity contribution is -0.163. The van der Waals surface area contributed by atoms with Crippen molar-refractivity contribution in [3.63, 3.8) is 0 Å². The zero-order valence-electron chi connectivity index (χ0n) is 53.7. The van der Waals surface area contributed by atoms with Crippen LogP contribution in [0.3, 0.4) is 0 Å². The number of rotatable bonds is 20. The lowest BCUT2D eigenvalue weighted by Gasteiger charge is -2.36. The summed E-state index contributed by atoms with van der Waals surface area (Å²) in [5.74, 6) is -12.5. The number of nitrogens with zero attached hydrogens (tertiary/aromatic N) is 4. The first kappa shape index (κ1) is 73.3. The summed E-state index contributed by atoms with van der Waals surface area (Å²) >= 11 is 0. The molecule has 0 aliphatic carbocycles. The van der Waals surface area contributed by atoms with Crippen molar-refractivity contribution in [1.82, 2.24) is 35.6 Å². The number of carbonyl (C=O) groups excluding carboxylic acids is 12. The van der Waals surface area contributed by atoms with E-state index in [0.717, 1.165) is 9.80 Å². The minimum atomic E-state index is -1.82. The lowest BCUT2D eigenvalue weighted by Crippen LogP contribution is -2.62. The molecular weight excluding hydrogens is 1140 g/mol. The number of hydrogen-bond donors (Lipinski definition) is 6. The van der Waals surface area contributed by atoms with E-state index >= 15 is 14.4 Å². The summed E-state index contributed by atoms with van der Waals surface area (Å²) in [7, 11) is 4.22. The minimum absolute atomic E-state index is 0.00337. The molecule has 0 bridgehead atoms. The van der Waals surface area contributed by atoms with Gasteiger partial charge in [0.25, 0.3) is 5.91 Å². The van der Waals surface area contributed by atoms with Crippen LogP contribution >= 0.6 is 0 Å². The highest BCUT2D eigenvalue weighted by molar-refractivity contribution is 6.05. The molecule has 492 valence electrons. The molecule has 0 radical (unpaired) electrons. The number of methoxy groups -OCH3 is 1. The maximum Gasteiger partial charge on any atom is 0.329 e. The third kappa shape index (κ3) is 19.6. The van der Waals surface area contributed by atoms with E-state index in [9.17, 15) is 48.3 Å². The average molecular weight is 1240 g/mol. The van der Waals surface area contributed by atoms with E-state index in [-0.39, 0.29) is 69.9 Å². The fraction of sp³-hybridized carbons (Fsp3) is 0.710. The van der Waals surface area contributed by atoms with Gasteiger partial charge in [0.05, 0.1) is 31.6 Å². The molecule has 0 spiro atoms. The summed E-state index contributed by atoms with van der Waals surface area (Å²) in [6, 6.07) is -3.93. The summed E-state index contributed by atoms with van der Waals surface area (Å²) in [5, 5.41) is 20.2. The zero-order chi connectivity index (χ0) is 66.2. The number of nitrogens with two attached hydrogens (primary N) is 2. The summed E-state index contributed by atoms with van der Waals surface area (Å²) < 4.78 is 22.6. The van der Waals surface area contributed by atoms with E-state index in [4.69, 9.17) is 30.4 Å². The van der Waals surface area contributed by atoms with E-state index < -0.39 is 168 Å². The van der Waals surface area contributed by atoms with Gasteiger partial charge in [0.15, 0.2) is 18.0 Å². The number of fused-ring (bicyclic) bond motifs is 1. The van der Waals surface area contributed by atoms with Gasteiger partial charge < -0.3 is 71.1 Å². The summed E-state index contributed by atoms with van der Waals surface area (Å²) in [4.78, 5) is 175. The topological polar surface area (TPSA) is 363 Å². The van der Waals surface area contributed by atoms with Gasteiger partial charge in [-0.1, -0.05) is 73.9 Å². The van der Waals surface area contributed by atoms with Gasteiger partial charge in [0, 0.05) is 40.0 Å². The number of esters is 3. The molecule has 3 fully saturated rings. The van der Waals surface area contributed by atoms with Crippen molar-refractivity contribution < 1.29 is 81.6 Å². The highest BCUT2D eigenvalue weighted by Gasteiger charge is 2.46. The van der Waals surface area contributed by atoms with Gasteiger partial charge in [-0.3, -0.25) is 52.7 Å². The van der Waals surface area contributed by atoms with Crippen molar-refractivity contribution in [2.24, 2.45) is 41.1 Å². The number of likely N-dealkylation sites (N-methyl/N-ethyl adjacent to an activating group) is 2. The normalized spacial score (nSPS) is 26.3. The molecule has 3 aliphatic heterocycles. The fourth-order valence-electron chi connectivity index (χ4n) is 11.2. The molecule has 8 amide bonds. The standard InChI is InChI=1S/C62H97N9O17/c1-15-35(8)50-47(72)31-49(74)88-53(34(6)7)52(75)36(9)54(76)65-42(28-32(2)3)58(80)71-27-17-19-44(71)60(82)69(13)46(30-39-20-22-40(85-14)23-21-39)62(84)86-37(10)51(56(78)66-50)67-55(77)45(29-33(4)5)68(12)59(81)43-18-16-26-70(43)57(79)38(11)87-61(83)41(63)24-25-48(64)73/h20-23,32-38,41-47,50-51,53,72H,15-19,24-31,63H2,1-14H3,(H2,64,73)(H,65,76)(H,66,78)(H,67,77)/t35-,36-,37+,38-,41-,42-,43-,44-,45+,46-,47-,50+,51+,53-/m0/s1. The van der Waals surface area contributed by atoms with Crippen LogP contribution in [0.15, 0.2) is 24.3 Å². The number of nitrogens with one attached hydrogen (secondary N) is 3. The lowest BCUT2D eigenvalue weighted by atomic mass is 9.91. The fourth-order valence-corrected chi connectivity index (χ4v) is 11.2. The molecule has 3 aliphatic rings. The first-order chi connectivity index (χ1) is 41.2. The van der Waals surface area contributed by atoms with Crippen LogP contribution in [-0.2, 0) is 78.2 Å². The number of benzene rings is 1. The summed E-state index contributed by atoms with van der Waals surface area (Å²) in [6.45, 7) is 18.1. The molecule has 0 saturated carbocycles. The molecule has 0 unspecified atom stereocenters. The summed E-state index contributed by atoms with van der Waals surface area (Å²) in [6.07, 6.45) is -5.89. The van der Waals surface area contributed by atoms with Gasteiger partial charge in [-0.05, 0) is 107 Å². The van der Waals surface area contributed by atoms with E-state index in [1.165, 1.54) is 51.8 Å².